The van der Waals surface area contributed by atoms with E-state index in [0.717, 1.165) is 59.4 Å². The first-order valence-electron chi connectivity index (χ1n) is 18.3. The number of imide groups is 1. The quantitative estimate of drug-likeness (QED) is 0.224. The first-order chi connectivity index (χ1) is 26.3. The summed E-state index contributed by atoms with van der Waals surface area (Å²) < 4.78 is 22.6. The number of piperazine rings is 1. The number of nitrogens with zero attached hydrogens (tertiary/aromatic N) is 7. The molecule has 1 unspecified atom stereocenters. The van der Waals surface area contributed by atoms with E-state index in [9.17, 15) is 19.6 Å². The first-order valence-corrected chi connectivity index (χ1v) is 18.3. The molecule has 2 aromatic carbocycles. The highest BCUT2D eigenvalue weighted by atomic mass is 19.1. The summed E-state index contributed by atoms with van der Waals surface area (Å²) in [5, 5.41) is 16.4. The molecule has 13 heteroatoms. The van der Waals surface area contributed by atoms with Gasteiger partial charge in [0.05, 0.1) is 23.8 Å². The van der Waals surface area contributed by atoms with Crippen molar-refractivity contribution >= 4 is 28.9 Å². The van der Waals surface area contributed by atoms with Gasteiger partial charge in [-0.05, 0) is 73.3 Å². The van der Waals surface area contributed by atoms with Gasteiger partial charge in [0.1, 0.15) is 17.6 Å². The molecule has 6 heterocycles. The molecule has 5 aromatic rings. The molecule has 0 aliphatic carbocycles. The van der Waals surface area contributed by atoms with E-state index in [-0.39, 0.29) is 42.1 Å². The number of benzene rings is 2. The van der Waals surface area contributed by atoms with Gasteiger partial charge in [0.25, 0.3) is 5.91 Å². The zero-order valence-corrected chi connectivity index (χ0v) is 29.7. The maximum atomic E-state index is 15.2. The fourth-order valence-electron chi connectivity index (χ4n) is 7.74. The van der Waals surface area contributed by atoms with Crippen LogP contribution in [0, 0.1) is 17.1 Å². The summed E-state index contributed by atoms with van der Waals surface area (Å²) in [6, 6.07) is 21.3. The summed E-state index contributed by atoms with van der Waals surface area (Å²) in [7, 11) is 0. The second-order valence-electron chi connectivity index (χ2n) is 14.1. The molecular weight excluding hydrogens is 688 g/mol. The highest BCUT2D eigenvalue weighted by Crippen LogP contribution is 2.34. The fraction of sp³-hybridized carbons (Fsp3) is 0.317. The van der Waals surface area contributed by atoms with Crippen molar-refractivity contribution < 1.29 is 23.5 Å². The molecule has 3 fully saturated rings. The number of aromatic nitrogens is 3. The zero-order chi connectivity index (χ0) is 37.2. The molecule has 3 saturated heterocycles. The number of pyridine rings is 2. The number of nitriles is 1. The second kappa shape index (κ2) is 15.1. The van der Waals surface area contributed by atoms with Gasteiger partial charge in [-0.2, -0.15) is 10.4 Å². The van der Waals surface area contributed by atoms with Crippen molar-refractivity contribution in [1.29, 1.82) is 5.26 Å². The SMILES string of the molecule is N#Cc1cnn2cc(-c3ccc(N4CCN(C(=O)CN5CCC(c6ccc(OC7CCC(=O)NC7=O)cc6F)CC5)CC4)cc3)cc(-c3cccnc3)c12. The highest BCUT2D eigenvalue weighted by molar-refractivity contribution is 6.00. The van der Waals surface area contributed by atoms with Crippen LogP contribution in [0.3, 0.4) is 0 Å². The Balaban J connectivity index is 0.830. The number of fused-ring (bicyclic) bond motifs is 1. The topological polar surface area (TPSA) is 136 Å². The van der Waals surface area contributed by atoms with Crippen LogP contribution in [0.25, 0.3) is 27.8 Å². The van der Waals surface area contributed by atoms with E-state index < -0.39 is 12.0 Å². The van der Waals surface area contributed by atoms with Crippen molar-refractivity contribution in [3.8, 4) is 34.1 Å². The third-order valence-corrected chi connectivity index (χ3v) is 10.7. The molecule has 3 aromatic heterocycles. The van der Waals surface area contributed by atoms with Crippen molar-refractivity contribution in [2.75, 3.05) is 50.7 Å². The molecule has 0 radical (unpaired) electrons. The summed E-state index contributed by atoms with van der Waals surface area (Å²) in [4.78, 5) is 47.4. The normalized spacial score (nSPS) is 18.4. The van der Waals surface area contributed by atoms with Gasteiger partial charge in [-0.3, -0.25) is 29.6 Å². The average molecular weight is 727 g/mol. The zero-order valence-electron chi connectivity index (χ0n) is 29.7. The number of anilines is 1. The summed E-state index contributed by atoms with van der Waals surface area (Å²) >= 11 is 0. The molecule has 0 saturated carbocycles. The molecule has 8 rings (SSSR count). The third-order valence-electron chi connectivity index (χ3n) is 10.7. The van der Waals surface area contributed by atoms with E-state index in [1.165, 1.54) is 6.07 Å². The lowest BCUT2D eigenvalue weighted by molar-refractivity contribution is -0.139. The molecule has 3 amide bonds. The van der Waals surface area contributed by atoms with Gasteiger partial charge in [0, 0.05) is 86.1 Å². The number of rotatable bonds is 8. The van der Waals surface area contributed by atoms with Gasteiger partial charge in [0.2, 0.25) is 11.8 Å². The Kier molecular flexibility index (Phi) is 9.75. The van der Waals surface area contributed by atoms with Crippen LogP contribution in [0.1, 0.15) is 42.7 Å². The number of amides is 3. The lowest BCUT2D eigenvalue weighted by atomic mass is 9.89. The van der Waals surface area contributed by atoms with Gasteiger partial charge in [-0.1, -0.05) is 24.3 Å². The minimum absolute atomic E-state index is 0.0315. The van der Waals surface area contributed by atoms with E-state index >= 15 is 4.39 Å². The maximum Gasteiger partial charge on any atom is 0.267 e. The minimum atomic E-state index is -0.812. The number of nitrogens with one attached hydrogen (secondary N) is 1. The van der Waals surface area contributed by atoms with Crippen molar-refractivity contribution in [1.82, 2.24) is 29.7 Å². The van der Waals surface area contributed by atoms with Crippen LogP contribution >= 0.6 is 0 Å². The van der Waals surface area contributed by atoms with Crippen molar-refractivity contribution in [2.45, 2.75) is 37.7 Å². The molecule has 1 atom stereocenters. The highest BCUT2D eigenvalue weighted by Gasteiger charge is 2.30. The van der Waals surface area contributed by atoms with E-state index in [2.05, 4.69) is 61.6 Å². The van der Waals surface area contributed by atoms with Gasteiger partial charge >= 0.3 is 0 Å². The van der Waals surface area contributed by atoms with Crippen molar-refractivity contribution in [3.63, 3.8) is 0 Å². The molecule has 1 N–H and O–H groups in total. The van der Waals surface area contributed by atoms with Crippen LogP contribution in [-0.4, -0.2) is 94.0 Å². The smallest absolute Gasteiger partial charge is 0.267 e. The largest absolute Gasteiger partial charge is 0.480 e. The number of hydrogen-bond donors (Lipinski definition) is 1. The first kappa shape index (κ1) is 34.9. The average Bonchev–Trinajstić information content (AvgIpc) is 3.63. The molecule has 3 aliphatic heterocycles. The summed E-state index contributed by atoms with van der Waals surface area (Å²) in [5.74, 6) is -0.788. The predicted octanol–water partition coefficient (Wildman–Crippen LogP) is 4.79. The molecular formula is C41H39FN8O4. The summed E-state index contributed by atoms with van der Waals surface area (Å²) in [5.41, 5.74) is 6.77. The molecule has 12 nitrogen and oxygen atoms in total. The Morgan fingerprint density at radius 1 is 0.926 bits per heavy atom. The number of halogens is 1. The van der Waals surface area contributed by atoms with Crippen LogP contribution < -0.4 is 15.0 Å². The van der Waals surface area contributed by atoms with Crippen molar-refractivity contribution in [2.24, 2.45) is 0 Å². The third kappa shape index (κ3) is 7.25. The predicted molar refractivity (Wildman–Crippen MR) is 199 cm³/mol. The lowest BCUT2D eigenvalue weighted by Gasteiger charge is -2.38. The van der Waals surface area contributed by atoms with Crippen molar-refractivity contribution in [3.05, 3.63) is 102 Å². The molecule has 0 spiro atoms. The van der Waals surface area contributed by atoms with Gasteiger partial charge in [0.15, 0.2) is 6.10 Å². The van der Waals surface area contributed by atoms with Crippen LogP contribution in [0.15, 0.2) is 85.5 Å². The summed E-state index contributed by atoms with van der Waals surface area (Å²) in [6.45, 7) is 4.50. The fourth-order valence-corrected chi connectivity index (χ4v) is 7.74. The molecule has 3 aliphatic rings. The van der Waals surface area contributed by atoms with E-state index in [0.29, 0.717) is 43.9 Å². The maximum absolute atomic E-state index is 15.2. The Hall–Kier alpha value is -6.13. The summed E-state index contributed by atoms with van der Waals surface area (Å²) in [6.07, 6.45) is 8.17. The van der Waals surface area contributed by atoms with Gasteiger partial charge < -0.3 is 14.5 Å². The molecule has 54 heavy (non-hydrogen) atoms. The van der Waals surface area contributed by atoms with E-state index in [4.69, 9.17) is 4.74 Å². The lowest BCUT2D eigenvalue weighted by Crippen LogP contribution is -2.51. The van der Waals surface area contributed by atoms with Crippen LogP contribution in [0.4, 0.5) is 10.1 Å². The Morgan fingerprint density at radius 3 is 2.43 bits per heavy atom. The Bertz CT molecular complexity index is 2240. The van der Waals surface area contributed by atoms with Gasteiger partial charge in [-0.15, -0.1) is 0 Å². The number of hydrogen-bond acceptors (Lipinski definition) is 9. The minimum Gasteiger partial charge on any atom is -0.480 e. The number of carbonyl (C=O) groups is 3. The number of likely N-dealkylation sites (tertiary alicyclic amines) is 1. The van der Waals surface area contributed by atoms with Gasteiger partial charge in [-0.25, -0.2) is 8.91 Å². The number of ether oxygens (including phenoxy) is 1. The molecule has 0 bridgehead atoms. The monoisotopic (exact) mass is 726 g/mol. The van der Waals surface area contributed by atoms with Crippen LogP contribution in [-0.2, 0) is 14.4 Å². The Morgan fingerprint density at radius 2 is 1.72 bits per heavy atom. The van der Waals surface area contributed by atoms with Crippen LogP contribution in [0.2, 0.25) is 0 Å². The van der Waals surface area contributed by atoms with E-state index in [1.54, 1.807) is 35.2 Å². The van der Waals surface area contributed by atoms with Crippen LogP contribution in [0.5, 0.6) is 5.75 Å². The molecule has 274 valence electrons. The Labute approximate surface area is 311 Å². The number of piperidine rings is 2. The number of carbonyl (C=O) groups excluding carboxylic acids is 3. The standard InChI is InChI=1S/C41H39FN8O4/c42-36-21-33(54-37-9-10-38(51)46-41(37)53)7-8-34(36)28-11-14-47(15-12-28)26-39(52)49-18-16-48(17-19-49)32-5-3-27(4-6-32)30-20-35(29-2-1-13-44-23-29)40-31(22-43)24-45-50(40)25-30/h1-8,13,20-21,23-25,28,37H,9-12,14-19,26H2,(H,46,51,53). The second-order valence-corrected chi connectivity index (χ2v) is 14.1. The van der Waals surface area contributed by atoms with E-state index in [1.807, 2.05) is 23.2 Å².